The zero-order chi connectivity index (χ0) is 15.6. The van der Waals surface area contributed by atoms with Crippen molar-refractivity contribution in [2.24, 2.45) is 0 Å². The molecule has 1 N–H and O–H groups in total. The topological polar surface area (TPSA) is 58.6 Å². The van der Waals surface area contributed by atoms with Gasteiger partial charge in [-0.2, -0.15) is 0 Å². The molecule has 3 amide bonds. The van der Waals surface area contributed by atoms with Gasteiger partial charge >= 0.3 is 6.03 Å². The SMILES string of the molecule is CCC1(CC)C(=O)NC(=O)N1Cc1ccc(OC)cc1F. The summed E-state index contributed by atoms with van der Waals surface area (Å²) in [6.07, 6.45) is 0.970. The van der Waals surface area contributed by atoms with Gasteiger partial charge in [0.25, 0.3) is 5.91 Å². The van der Waals surface area contributed by atoms with Crippen molar-refractivity contribution in [3.63, 3.8) is 0 Å². The molecule has 1 aliphatic rings. The predicted octanol–water partition coefficient (Wildman–Crippen LogP) is 2.44. The second-order valence-electron chi connectivity index (χ2n) is 5.04. The number of hydrogen-bond acceptors (Lipinski definition) is 3. The molecule has 0 bridgehead atoms. The fourth-order valence-electron chi connectivity index (χ4n) is 2.73. The highest BCUT2D eigenvalue weighted by molar-refractivity contribution is 6.06. The number of halogens is 1. The van der Waals surface area contributed by atoms with E-state index in [9.17, 15) is 14.0 Å². The number of nitrogens with one attached hydrogen (secondary N) is 1. The van der Waals surface area contributed by atoms with Gasteiger partial charge in [0.1, 0.15) is 17.1 Å². The molecule has 21 heavy (non-hydrogen) atoms. The number of methoxy groups -OCH3 is 1. The van der Waals surface area contributed by atoms with Crippen molar-refractivity contribution in [2.45, 2.75) is 38.8 Å². The Hall–Kier alpha value is -2.11. The maximum Gasteiger partial charge on any atom is 0.325 e. The molecule has 5 nitrogen and oxygen atoms in total. The molecule has 2 rings (SSSR count). The summed E-state index contributed by atoms with van der Waals surface area (Å²) in [5, 5.41) is 2.32. The first-order chi connectivity index (χ1) is 9.98. The monoisotopic (exact) mass is 294 g/mol. The van der Waals surface area contributed by atoms with E-state index in [1.807, 2.05) is 13.8 Å². The molecule has 114 valence electrons. The summed E-state index contributed by atoms with van der Waals surface area (Å²) >= 11 is 0. The van der Waals surface area contributed by atoms with Crippen LogP contribution in [0.4, 0.5) is 9.18 Å². The van der Waals surface area contributed by atoms with Gasteiger partial charge in [-0.3, -0.25) is 10.1 Å². The van der Waals surface area contributed by atoms with Crippen LogP contribution in [0.3, 0.4) is 0 Å². The zero-order valence-corrected chi connectivity index (χ0v) is 12.4. The van der Waals surface area contributed by atoms with Gasteiger partial charge in [0, 0.05) is 11.6 Å². The number of hydrogen-bond donors (Lipinski definition) is 1. The van der Waals surface area contributed by atoms with E-state index in [2.05, 4.69) is 5.32 Å². The first kappa shape index (κ1) is 15.3. The molecule has 6 heteroatoms. The van der Waals surface area contributed by atoms with Crippen LogP contribution in [0.2, 0.25) is 0 Å². The summed E-state index contributed by atoms with van der Waals surface area (Å²) in [7, 11) is 1.46. The summed E-state index contributed by atoms with van der Waals surface area (Å²) in [6.45, 7) is 3.74. The molecule has 0 unspecified atom stereocenters. The summed E-state index contributed by atoms with van der Waals surface area (Å²) in [6, 6.07) is 4.00. The molecule has 1 aliphatic heterocycles. The van der Waals surface area contributed by atoms with Gasteiger partial charge in [-0.1, -0.05) is 19.9 Å². The van der Waals surface area contributed by atoms with E-state index in [1.54, 1.807) is 12.1 Å². The third-order valence-electron chi connectivity index (χ3n) is 4.16. The van der Waals surface area contributed by atoms with Crippen molar-refractivity contribution in [1.82, 2.24) is 10.2 Å². The minimum absolute atomic E-state index is 0.0507. The van der Waals surface area contributed by atoms with Gasteiger partial charge in [0.15, 0.2) is 0 Å². The average Bonchev–Trinajstić information content (AvgIpc) is 2.72. The molecule has 1 heterocycles. The number of carbonyl (C=O) groups is 2. The summed E-state index contributed by atoms with van der Waals surface area (Å²) in [5.41, 5.74) is -0.546. The van der Waals surface area contributed by atoms with Crippen LogP contribution in [0.15, 0.2) is 18.2 Å². The maximum atomic E-state index is 14.1. The van der Waals surface area contributed by atoms with Crippen molar-refractivity contribution in [3.05, 3.63) is 29.6 Å². The summed E-state index contributed by atoms with van der Waals surface area (Å²) in [5.74, 6) is -0.357. The Morgan fingerprint density at radius 2 is 1.95 bits per heavy atom. The Labute approximate surface area is 123 Å². The lowest BCUT2D eigenvalue weighted by atomic mass is 9.91. The van der Waals surface area contributed by atoms with Crippen LogP contribution >= 0.6 is 0 Å². The third kappa shape index (κ3) is 2.46. The largest absolute Gasteiger partial charge is 0.497 e. The number of urea groups is 1. The predicted molar refractivity (Wildman–Crippen MR) is 75.3 cm³/mol. The van der Waals surface area contributed by atoms with Crippen molar-refractivity contribution in [1.29, 1.82) is 0 Å². The molecular weight excluding hydrogens is 275 g/mol. The van der Waals surface area contributed by atoms with E-state index in [1.165, 1.54) is 18.1 Å². The van der Waals surface area contributed by atoms with E-state index >= 15 is 0 Å². The lowest BCUT2D eigenvalue weighted by Crippen LogP contribution is -2.48. The normalized spacial score (nSPS) is 17.0. The number of imide groups is 1. The van der Waals surface area contributed by atoms with Crippen molar-refractivity contribution in [2.75, 3.05) is 7.11 Å². The molecule has 1 fully saturated rings. The standard InChI is InChI=1S/C15H19FN2O3/c1-4-15(5-2)13(19)17-14(20)18(15)9-10-6-7-11(21-3)8-12(10)16/h6-8H,4-5,9H2,1-3H3,(H,17,19,20). The number of carbonyl (C=O) groups excluding carboxylic acids is 2. The summed E-state index contributed by atoms with van der Waals surface area (Å²) in [4.78, 5) is 25.5. The van der Waals surface area contributed by atoms with Crippen molar-refractivity contribution >= 4 is 11.9 Å². The first-order valence-corrected chi connectivity index (χ1v) is 6.94. The molecule has 0 atom stereocenters. The van der Waals surface area contributed by atoms with Gasteiger partial charge in [-0.05, 0) is 18.9 Å². The van der Waals surface area contributed by atoms with Gasteiger partial charge in [0.05, 0.1) is 13.7 Å². The molecule has 1 aromatic rings. The van der Waals surface area contributed by atoms with Crippen LogP contribution in [0.5, 0.6) is 5.75 Å². The molecular formula is C15H19FN2O3. The highest BCUT2D eigenvalue weighted by Crippen LogP contribution is 2.31. The minimum Gasteiger partial charge on any atom is -0.497 e. The quantitative estimate of drug-likeness (QED) is 0.849. The Kier molecular flexibility index (Phi) is 4.16. The molecule has 0 radical (unpaired) electrons. The number of benzene rings is 1. The van der Waals surface area contributed by atoms with E-state index < -0.39 is 17.4 Å². The molecule has 0 aliphatic carbocycles. The Morgan fingerprint density at radius 3 is 2.48 bits per heavy atom. The zero-order valence-electron chi connectivity index (χ0n) is 12.4. The molecule has 1 aromatic carbocycles. The molecule has 1 saturated heterocycles. The maximum absolute atomic E-state index is 14.1. The lowest BCUT2D eigenvalue weighted by Gasteiger charge is -2.33. The average molecular weight is 294 g/mol. The highest BCUT2D eigenvalue weighted by Gasteiger charge is 2.50. The van der Waals surface area contributed by atoms with Crippen LogP contribution in [0, 0.1) is 5.82 Å². The van der Waals surface area contributed by atoms with Gasteiger partial charge in [-0.25, -0.2) is 9.18 Å². The number of ether oxygens (including phenoxy) is 1. The van der Waals surface area contributed by atoms with Crippen LogP contribution in [-0.2, 0) is 11.3 Å². The van der Waals surface area contributed by atoms with Crippen LogP contribution in [0.1, 0.15) is 32.3 Å². The fraction of sp³-hybridized carbons (Fsp3) is 0.467. The van der Waals surface area contributed by atoms with Crippen LogP contribution in [-0.4, -0.2) is 29.5 Å². The Morgan fingerprint density at radius 1 is 1.29 bits per heavy atom. The lowest BCUT2D eigenvalue weighted by molar-refractivity contribution is -0.127. The smallest absolute Gasteiger partial charge is 0.325 e. The van der Waals surface area contributed by atoms with E-state index in [0.29, 0.717) is 24.2 Å². The van der Waals surface area contributed by atoms with E-state index in [-0.39, 0.29) is 12.5 Å². The van der Waals surface area contributed by atoms with E-state index in [0.717, 1.165) is 0 Å². The third-order valence-corrected chi connectivity index (χ3v) is 4.16. The van der Waals surface area contributed by atoms with Gasteiger partial charge in [-0.15, -0.1) is 0 Å². The Bertz CT molecular complexity index is 570. The fourth-order valence-corrected chi connectivity index (χ4v) is 2.73. The number of amides is 3. The highest BCUT2D eigenvalue weighted by atomic mass is 19.1. The number of nitrogens with zero attached hydrogens (tertiary/aromatic N) is 1. The molecule has 0 aromatic heterocycles. The van der Waals surface area contributed by atoms with Gasteiger partial charge in [0.2, 0.25) is 0 Å². The molecule has 0 saturated carbocycles. The Balaban J connectivity index is 2.33. The second-order valence-corrected chi connectivity index (χ2v) is 5.04. The van der Waals surface area contributed by atoms with Crippen LogP contribution in [0.25, 0.3) is 0 Å². The molecule has 0 spiro atoms. The van der Waals surface area contributed by atoms with Crippen LogP contribution < -0.4 is 10.1 Å². The summed E-state index contributed by atoms with van der Waals surface area (Å²) < 4.78 is 19.0. The van der Waals surface area contributed by atoms with Gasteiger partial charge < -0.3 is 9.64 Å². The number of rotatable bonds is 5. The minimum atomic E-state index is -0.899. The second kappa shape index (κ2) is 5.71. The van der Waals surface area contributed by atoms with E-state index in [4.69, 9.17) is 4.74 Å². The first-order valence-electron chi connectivity index (χ1n) is 6.94. The van der Waals surface area contributed by atoms with Crippen molar-refractivity contribution < 1.29 is 18.7 Å². The van der Waals surface area contributed by atoms with Crippen molar-refractivity contribution in [3.8, 4) is 5.75 Å².